The van der Waals surface area contributed by atoms with Crippen molar-refractivity contribution in [1.29, 1.82) is 5.26 Å². The van der Waals surface area contributed by atoms with E-state index in [1.807, 2.05) is 28.8 Å². The molecule has 0 unspecified atom stereocenters. The number of aromatic nitrogens is 1. The van der Waals surface area contributed by atoms with Crippen LogP contribution in [0.3, 0.4) is 0 Å². The first-order valence-corrected chi connectivity index (χ1v) is 8.46. The molecule has 1 fully saturated rings. The van der Waals surface area contributed by atoms with Gasteiger partial charge >= 0.3 is 0 Å². The van der Waals surface area contributed by atoms with Gasteiger partial charge in [-0.3, -0.25) is 0 Å². The molecular formula is C18H21ClN4. The molecule has 0 bridgehead atoms. The fourth-order valence-electron chi connectivity index (χ4n) is 3.25. The Hall–Kier alpha value is -2.12. The molecule has 1 aromatic carbocycles. The molecular weight excluding hydrogens is 308 g/mol. The van der Waals surface area contributed by atoms with Crippen molar-refractivity contribution in [1.82, 2.24) is 4.57 Å². The summed E-state index contributed by atoms with van der Waals surface area (Å²) in [6.45, 7) is 2.54. The lowest BCUT2D eigenvalue weighted by molar-refractivity contribution is 0.716. The van der Waals surface area contributed by atoms with E-state index in [4.69, 9.17) is 17.3 Å². The Morgan fingerprint density at radius 3 is 2.48 bits per heavy atom. The van der Waals surface area contributed by atoms with E-state index in [2.05, 4.69) is 11.0 Å². The summed E-state index contributed by atoms with van der Waals surface area (Å²) < 4.78 is 2.00. The van der Waals surface area contributed by atoms with Gasteiger partial charge in [0, 0.05) is 18.1 Å². The zero-order valence-electron chi connectivity index (χ0n) is 13.1. The molecule has 1 saturated heterocycles. The van der Waals surface area contributed by atoms with Crippen LogP contribution in [-0.4, -0.2) is 17.7 Å². The Labute approximate surface area is 142 Å². The van der Waals surface area contributed by atoms with Crippen molar-refractivity contribution in [2.45, 2.75) is 32.2 Å². The fourth-order valence-corrected chi connectivity index (χ4v) is 3.44. The lowest BCUT2D eigenvalue weighted by atomic mass is 10.2. The van der Waals surface area contributed by atoms with Crippen LogP contribution in [0, 0.1) is 11.3 Å². The molecule has 0 spiro atoms. The molecule has 4 nitrogen and oxygen atoms in total. The maximum absolute atomic E-state index is 9.48. The molecule has 2 N–H and O–H groups in total. The van der Waals surface area contributed by atoms with E-state index in [1.54, 1.807) is 6.07 Å². The first-order chi connectivity index (χ1) is 11.2. The first kappa shape index (κ1) is 15.8. The number of hydrogen-bond donors (Lipinski definition) is 1. The van der Waals surface area contributed by atoms with Crippen molar-refractivity contribution >= 4 is 23.1 Å². The van der Waals surface area contributed by atoms with E-state index < -0.39 is 0 Å². The minimum absolute atomic E-state index is 0.561. The zero-order valence-corrected chi connectivity index (χ0v) is 13.9. The second-order valence-corrected chi connectivity index (χ2v) is 6.41. The third-order valence-corrected chi connectivity index (χ3v) is 4.77. The smallest absolute Gasteiger partial charge is 0.133 e. The Morgan fingerprint density at radius 2 is 1.83 bits per heavy atom. The number of nitrogen functional groups attached to an aromatic ring is 1. The Kier molecular flexibility index (Phi) is 4.78. The second-order valence-electron chi connectivity index (χ2n) is 6.00. The molecule has 0 radical (unpaired) electrons. The summed E-state index contributed by atoms with van der Waals surface area (Å²) in [6.07, 6.45) is 4.84. The quantitative estimate of drug-likeness (QED) is 0.925. The first-order valence-electron chi connectivity index (χ1n) is 8.08. The van der Waals surface area contributed by atoms with Crippen LogP contribution < -0.4 is 10.6 Å². The number of nitrogens with zero attached hydrogens (tertiary/aromatic N) is 3. The normalized spacial score (nSPS) is 15.2. The maximum Gasteiger partial charge on any atom is 0.133 e. The summed E-state index contributed by atoms with van der Waals surface area (Å²) >= 11 is 6.30. The zero-order chi connectivity index (χ0) is 16.2. The van der Waals surface area contributed by atoms with E-state index in [9.17, 15) is 5.26 Å². The minimum Gasteiger partial charge on any atom is -0.396 e. The Bertz CT molecular complexity index is 721. The molecule has 1 aliphatic heterocycles. The predicted molar refractivity (Wildman–Crippen MR) is 94.8 cm³/mol. The minimum atomic E-state index is 0.561. The number of nitriles is 1. The van der Waals surface area contributed by atoms with Crippen molar-refractivity contribution in [3.05, 3.63) is 46.6 Å². The highest BCUT2D eigenvalue weighted by Crippen LogP contribution is 2.31. The highest BCUT2D eigenvalue weighted by Gasteiger charge is 2.20. The summed E-state index contributed by atoms with van der Waals surface area (Å²) in [7, 11) is 0. The number of nitrogens with two attached hydrogens (primary N) is 1. The van der Waals surface area contributed by atoms with Crippen molar-refractivity contribution in [2.24, 2.45) is 0 Å². The molecule has 1 aromatic heterocycles. The van der Waals surface area contributed by atoms with Crippen LogP contribution in [0.25, 0.3) is 0 Å². The monoisotopic (exact) mass is 328 g/mol. The number of rotatable bonds is 3. The van der Waals surface area contributed by atoms with Gasteiger partial charge < -0.3 is 15.2 Å². The molecule has 1 aliphatic rings. The summed E-state index contributed by atoms with van der Waals surface area (Å²) in [6, 6.07) is 11.8. The topological polar surface area (TPSA) is 58.0 Å². The molecule has 2 aromatic rings. The van der Waals surface area contributed by atoms with Crippen LogP contribution in [0.5, 0.6) is 0 Å². The van der Waals surface area contributed by atoms with E-state index in [0.29, 0.717) is 22.9 Å². The molecule has 0 amide bonds. The third kappa shape index (κ3) is 3.30. The SMILES string of the molecule is N#Cc1cc(N)c(N2CCCCCC2)n1Cc1ccccc1Cl. The van der Waals surface area contributed by atoms with Gasteiger partial charge in [-0.2, -0.15) is 5.26 Å². The Morgan fingerprint density at radius 1 is 1.13 bits per heavy atom. The van der Waals surface area contributed by atoms with Gasteiger partial charge in [-0.05, 0) is 30.5 Å². The van der Waals surface area contributed by atoms with E-state index >= 15 is 0 Å². The third-order valence-electron chi connectivity index (χ3n) is 4.40. The van der Waals surface area contributed by atoms with Crippen LogP contribution >= 0.6 is 11.6 Å². The molecule has 0 atom stereocenters. The van der Waals surface area contributed by atoms with Gasteiger partial charge in [-0.1, -0.05) is 42.6 Å². The average Bonchev–Trinajstić information content (AvgIpc) is 2.73. The summed E-state index contributed by atoms with van der Waals surface area (Å²) in [5, 5.41) is 10.2. The van der Waals surface area contributed by atoms with Crippen molar-refractivity contribution in [3.63, 3.8) is 0 Å². The highest BCUT2D eigenvalue weighted by molar-refractivity contribution is 6.31. The predicted octanol–water partition coefficient (Wildman–Crippen LogP) is 4.02. The maximum atomic E-state index is 9.48. The molecule has 23 heavy (non-hydrogen) atoms. The van der Waals surface area contributed by atoms with E-state index in [1.165, 1.54) is 25.7 Å². The van der Waals surface area contributed by atoms with E-state index in [-0.39, 0.29) is 0 Å². The fraction of sp³-hybridized carbons (Fsp3) is 0.389. The molecule has 5 heteroatoms. The van der Waals surface area contributed by atoms with Crippen LogP contribution in [0.4, 0.5) is 11.5 Å². The standard InChI is InChI=1S/C18H21ClN4/c19-16-8-4-3-7-14(16)13-23-15(12-20)11-17(21)18(23)22-9-5-1-2-6-10-22/h3-4,7-8,11H,1-2,5-6,9-10,13,21H2. The molecule has 120 valence electrons. The molecule has 0 saturated carbocycles. The molecule has 0 aliphatic carbocycles. The number of benzene rings is 1. The Balaban J connectivity index is 2.01. The van der Waals surface area contributed by atoms with Gasteiger partial charge in [0.05, 0.1) is 12.2 Å². The average molecular weight is 329 g/mol. The number of anilines is 2. The van der Waals surface area contributed by atoms with Crippen molar-refractivity contribution < 1.29 is 0 Å². The number of halogens is 1. The molecule has 2 heterocycles. The van der Waals surface area contributed by atoms with E-state index in [0.717, 1.165) is 24.5 Å². The van der Waals surface area contributed by atoms with Crippen LogP contribution in [0.15, 0.2) is 30.3 Å². The van der Waals surface area contributed by atoms with Crippen LogP contribution in [-0.2, 0) is 6.54 Å². The lowest BCUT2D eigenvalue weighted by Crippen LogP contribution is -2.27. The lowest BCUT2D eigenvalue weighted by Gasteiger charge is -2.25. The van der Waals surface area contributed by atoms with Gasteiger partial charge in [0.15, 0.2) is 0 Å². The second kappa shape index (κ2) is 6.97. The van der Waals surface area contributed by atoms with Gasteiger partial charge in [-0.25, -0.2) is 0 Å². The highest BCUT2D eigenvalue weighted by atomic mass is 35.5. The van der Waals surface area contributed by atoms with Gasteiger partial charge in [-0.15, -0.1) is 0 Å². The summed E-state index contributed by atoms with van der Waals surface area (Å²) in [4.78, 5) is 2.32. The van der Waals surface area contributed by atoms with Gasteiger partial charge in [0.1, 0.15) is 17.6 Å². The van der Waals surface area contributed by atoms with Gasteiger partial charge in [0.2, 0.25) is 0 Å². The molecule has 3 rings (SSSR count). The van der Waals surface area contributed by atoms with Crippen molar-refractivity contribution in [2.75, 3.05) is 23.7 Å². The number of hydrogen-bond acceptors (Lipinski definition) is 3. The largest absolute Gasteiger partial charge is 0.396 e. The summed E-state index contributed by atoms with van der Waals surface area (Å²) in [5.41, 5.74) is 8.50. The van der Waals surface area contributed by atoms with Crippen LogP contribution in [0.2, 0.25) is 5.02 Å². The summed E-state index contributed by atoms with van der Waals surface area (Å²) in [5.74, 6) is 0.961. The van der Waals surface area contributed by atoms with Gasteiger partial charge in [0.25, 0.3) is 0 Å². The van der Waals surface area contributed by atoms with Crippen LogP contribution in [0.1, 0.15) is 36.9 Å². The van der Waals surface area contributed by atoms with Crippen molar-refractivity contribution in [3.8, 4) is 6.07 Å².